The van der Waals surface area contributed by atoms with Crippen molar-refractivity contribution in [3.05, 3.63) is 64.1 Å². The number of benzene rings is 1. The summed E-state index contributed by atoms with van der Waals surface area (Å²) >= 11 is 1.56. The highest BCUT2D eigenvalue weighted by molar-refractivity contribution is 7.09. The van der Waals surface area contributed by atoms with Crippen LogP contribution in [0.2, 0.25) is 0 Å². The van der Waals surface area contributed by atoms with Crippen molar-refractivity contribution in [3.8, 4) is 5.75 Å². The lowest BCUT2D eigenvalue weighted by atomic mass is 10.1. The van der Waals surface area contributed by atoms with Crippen molar-refractivity contribution in [2.45, 2.75) is 44.7 Å². The lowest BCUT2D eigenvalue weighted by Gasteiger charge is -2.23. The molecule has 0 spiro atoms. The molecule has 0 unspecified atom stereocenters. The largest absolute Gasteiger partial charge is 0.491 e. The Morgan fingerprint density at radius 3 is 2.82 bits per heavy atom. The van der Waals surface area contributed by atoms with Gasteiger partial charge in [-0.2, -0.15) is 0 Å². The van der Waals surface area contributed by atoms with Crippen LogP contribution in [-0.4, -0.2) is 70.4 Å². The topological polar surface area (TPSA) is 167 Å². The van der Waals surface area contributed by atoms with E-state index in [9.17, 15) is 19.2 Å². The fourth-order valence-corrected chi connectivity index (χ4v) is 4.86. The van der Waals surface area contributed by atoms with Gasteiger partial charge < -0.3 is 31.0 Å². The fraction of sp³-hybridized carbons (Fsp3) is 0.385. The van der Waals surface area contributed by atoms with Gasteiger partial charge in [0.25, 0.3) is 5.91 Å². The van der Waals surface area contributed by atoms with E-state index in [1.165, 1.54) is 6.33 Å². The molecular weight excluding hydrogens is 522 g/mol. The predicted molar refractivity (Wildman–Crippen MR) is 143 cm³/mol. The molecule has 5 N–H and O–H groups in total. The number of ether oxygens (including phenoxy) is 1. The number of hydrogen-bond donors (Lipinski definition) is 5. The number of carbonyl (C=O) groups excluding carboxylic acids is 4. The Kier molecular flexibility index (Phi) is 9.62. The molecular formula is C26H31N7O5S. The van der Waals surface area contributed by atoms with Gasteiger partial charge in [0.2, 0.25) is 17.7 Å². The summed E-state index contributed by atoms with van der Waals surface area (Å²) in [5.74, 6) is -1.72. The van der Waals surface area contributed by atoms with Crippen molar-refractivity contribution in [2.24, 2.45) is 0 Å². The van der Waals surface area contributed by atoms with Crippen LogP contribution in [0.1, 0.15) is 39.6 Å². The Hall–Kier alpha value is -4.26. The van der Waals surface area contributed by atoms with Gasteiger partial charge >= 0.3 is 0 Å². The number of aryl methyl sites for hydroxylation is 2. The molecule has 0 fully saturated rings. The van der Waals surface area contributed by atoms with Gasteiger partial charge in [0, 0.05) is 42.4 Å². The maximum absolute atomic E-state index is 13.2. The number of rotatable bonds is 7. The number of hydrogen-bond acceptors (Lipinski definition) is 8. The highest BCUT2D eigenvalue weighted by Gasteiger charge is 2.29. The van der Waals surface area contributed by atoms with Crippen LogP contribution in [0.25, 0.3) is 0 Å². The van der Waals surface area contributed by atoms with Crippen molar-refractivity contribution in [3.63, 3.8) is 0 Å². The first kappa shape index (κ1) is 27.8. The maximum Gasteiger partial charge on any atom is 0.255 e. The van der Waals surface area contributed by atoms with Crippen LogP contribution in [0, 0.1) is 6.92 Å². The van der Waals surface area contributed by atoms with Crippen LogP contribution in [0.3, 0.4) is 0 Å². The van der Waals surface area contributed by atoms with Crippen LogP contribution < -0.4 is 26.0 Å². The molecule has 0 saturated heterocycles. The summed E-state index contributed by atoms with van der Waals surface area (Å²) in [6, 6.07) is 4.50. The standard InChI is InChI=1S/C26H31N7O5S/c1-16-14-39-23(31-16)7-4-8-28-26(37)20-12-22(34)32-19(11-17-13-27-15-30-17)25(36)29-9-10-38-21-6-3-2-5-18(21)24(35)33-20/h2-3,5-6,13-15,19-20H,4,7-12H2,1H3,(H,27,30)(H,28,37)(H,29,36)(H,32,34)(H,33,35)/t19-,20-/m0/s1. The molecule has 0 saturated carbocycles. The van der Waals surface area contributed by atoms with E-state index in [1.54, 1.807) is 41.8 Å². The number of thiazole rings is 1. The summed E-state index contributed by atoms with van der Waals surface area (Å²) in [4.78, 5) is 63.5. The lowest BCUT2D eigenvalue weighted by molar-refractivity contribution is -0.131. The number of nitrogens with zero attached hydrogens (tertiary/aromatic N) is 2. The summed E-state index contributed by atoms with van der Waals surface area (Å²) < 4.78 is 5.75. The quantitative estimate of drug-likeness (QED) is 0.268. The Morgan fingerprint density at radius 1 is 1.21 bits per heavy atom. The minimum atomic E-state index is -1.17. The monoisotopic (exact) mass is 553 g/mol. The van der Waals surface area contributed by atoms with Crippen molar-refractivity contribution in [1.82, 2.24) is 36.2 Å². The minimum Gasteiger partial charge on any atom is -0.491 e. The maximum atomic E-state index is 13.2. The smallest absolute Gasteiger partial charge is 0.255 e. The fourth-order valence-electron chi connectivity index (χ4n) is 4.04. The van der Waals surface area contributed by atoms with Crippen LogP contribution in [0.4, 0.5) is 0 Å². The number of fused-ring (bicyclic) bond motifs is 1. The molecule has 2 atom stereocenters. The van der Waals surface area contributed by atoms with Gasteiger partial charge in [-0.3, -0.25) is 19.2 Å². The first-order chi connectivity index (χ1) is 18.9. The zero-order valence-corrected chi connectivity index (χ0v) is 22.3. The number of imidazole rings is 1. The molecule has 3 aromatic rings. The van der Waals surface area contributed by atoms with Crippen molar-refractivity contribution >= 4 is 35.0 Å². The van der Waals surface area contributed by atoms with Gasteiger partial charge in [-0.05, 0) is 25.5 Å². The summed E-state index contributed by atoms with van der Waals surface area (Å²) in [6.07, 6.45) is 4.20. The van der Waals surface area contributed by atoms with Gasteiger partial charge in [0.1, 0.15) is 24.4 Å². The predicted octanol–water partition coefficient (Wildman–Crippen LogP) is 0.648. The Bertz CT molecular complexity index is 1290. The van der Waals surface area contributed by atoms with Gasteiger partial charge in [-0.25, -0.2) is 9.97 Å². The zero-order chi connectivity index (χ0) is 27.6. The molecule has 39 heavy (non-hydrogen) atoms. The number of nitrogens with one attached hydrogen (secondary N) is 5. The molecule has 2 aromatic heterocycles. The Morgan fingerprint density at radius 2 is 2.05 bits per heavy atom. The summed E-state index contributed by atoms with van der Waals surface area (Å²) in [7, 11) is 0. The van der Waals surface area contributed by atoms with Crippen LogP contribution in [0.5, 0.6) is 5.75 Å². The number of amides is 4. The third-order valence-corrected chi connectivity index (χ3v) is 6.99. The molecule has 0 aliphatic carbocycles. The van der Waals surface area contributed by atoms with E-state index in [4.69, 9.17) is 4.74 Å². The molecule has 4 amide bonds. The number of aromatic nitrogens is 3. The first-order valence-corrected chi connectivity index (χ1v) is 13.5. The third-order valence-electron chi connectivity index (χ3n) is 5.97. The van der Waals surface area contributed by atoms with Crippen LogP contribution in [-0.2, 0) is 27.2 Å². The van der Waals surface area contributed by atoms with Crippen LogP contribution in [0.15, 0.2) is 42.2 Å². The summed E-state index contributed by atoms with van der Waals surface area (Å²) in [5.41, 5.74) is 1.83. The second-order valence-electron chi connectivity index (χ2n) is 9.04. The molecule has 1 aliphatic heterocycles. The summed E-state index contributed by atoms with van der Waals surface area (Å²) in [6.45, 7) is 2.53. The van der Waals surface area contributed by atoms with E-state index in [0.29, 0.717) is 30.8 Å². The van der Waals surface area contributed by atoms with Gasteiger partial charge in [0.15, 0.2) is 0 Å². The van der Waals surface area contributed by atoms with E-state index >= 15 is 0 Å². The highest BCUT2D eigenvalue weighted by atomic mass is 32.1. The van der Waals surface area contributed by atoms with E-state index in [0.717, 1.165) is 10.7 Å². The molecule has 0 bridgehead atoms. The average molecular weight is 554 g/mol. The molecule has 12 nitrogen and oxygen atoms in total. The zero-order valence-electron chi connectivity index (χ0n) is 21.5. The second kappa shape index (κ2) is 13.5. The molecule has 1 aliphatic rings. The van der Waals surface area contributed by atoms with Crippen molar-refractivity contribution < 1.29 is 23.9 Å². The molecule has 13 heteroatoms. The van der Waals surface area contributed by atoms with Crippen molar-refractivity contribution in [2.75, 3.05) is 19.7 Å². The highest BCUT2D eigenvalue weighted by Crippen LogP contribution is 2.18. The molecule has 4 rings (SSSR count). The Balaban J connectivity index is 1.48. The molecule has 3 heterocycles. The summed E-state index contributed by atoms with van der Waals surface area (Å²) in [5, 5.41) is 13.9. The Labute approximate surface area is 229 Å². The van der Waals surface area contributed by atoms with Crippen molar-refractivity contribution in [1.29, 1.82) is 0 Å². The van der Waals surface area contributed by atoms with Gasteiger partial charge in [0.05, 0.1) is 29.9 Å². The third kappa shape index (κ3) is 8.11. The lowest BCUT2D eigenvalue weighted by Crippen LogP contribution is -2.53. The average Bonchev–Trinajstić information content (AvgIpc) is 3.59. The molecule has 0 radical (unpaired) electrons. The van der Waals surface area contributed by atoms with Gasteiger partial charge in [-0.15, -0.1) is 11.3 Å². The molecule has 206 valence electrons. The minimum absolute atomic E-state index is 0.100. The normalized spacial score (nSPS) is 18.5. The van der Waals surface area contributed by atoms with E-state index < -0.39 is 35.7 Å². The number of carbonyl (C=O) groups is 4. The van der Waals surface area contributed by atoms with Crippen LogP contribution >= 0.6 is 11.3 Å². The molecule has 1 aromatic carbocycles. The number of aromatic amines is 1. The number of H-pyrrole nitrogens is 1. The van der Waals surface area contributed by atoms with E-state index in [1.807, 2.05) is 12.3 Å². The first-order valence-electron chi connectivity index (χ1n) is 12.6. The van der Waals surface area contributed by atoms with E-state index in [2.05, 4.69) is 36.2 Å². The second-order valence-corrected chi connectivity index (χ2v) is 9.99. The SMILES string of the molecule is Cc1csc(CCCNC(=O)[C@@H]2CC(=O)N[C@@H](Cc3cnc[nH]3)C(=O)NCCOc3ccccc3C(=O)N2)n1. The van der Waals surface area contributed by atoms with E-state index in [-0.39, 0.29) is 31.6 Å². The number of para-hydroxylation sites is 1. The van der Waals surface area contributed by atoms with Gasteiger partial charge in [-0.1, -0.05) is 12.1 Å².